The lowest BCUT2D eigenvalue weighted by Crippen LogP contribution is -2.47. The molecule has 1 aliphatic rings. The number of aromatic nitrogens is 2. The van der Waals surface area contributed by atoms with Crippen LogP contribution in [0.4, 0.5) is 4.39 Å². The molecule has 0 radical (unpaired) electrons. The highest BCUT2D eigenvalue weighted by molar-refractivity contribution is 5.79. The molecule has 29 heavy (non-hydrogen) atoms. The largest absolute Gasteiger partial charge is 0.493 e. The van der Waals surface area contributed by atoms with E-state index in [0.717, 1.165) is 38.2 Å². The Morgan fingerprint density at radius 3 is 2.97 bits per heavy atom. The molecule has 2 atom stereocenters. The van der Waals surface area contributed by atoms with Crippen molar-refractivity contribution in [2.24, 2.45) is 18.9 Å². The summed E-state index contributed by atoms with van der Waals surface area (Å²) in [7, 11) is 1.98. The number of likely N-dealkylation sites (tertiary alicyclic amines) is 1. The Morgan fingerprint density at radius 1 is 1.38 bits per heavy atom. The van der Waals surface area contributed by atoms with Gasteiger partial charge in [-0.05, 0) is 25.0 Å². The molecule has 1 N–H and O–H groups in total. The van der Waals surface area contributed by atoms with Crippen LogP contribution < -0.4 is 10.1 Å². The highest BCUT2D eigenvalue weighted by Gasteiger charge is 2.32. The monoisotopic (exact) mass is 402 g/mol. The van der Waals surface area contributed by atoms with E-state index in [1.165, 1.54) is 12.1 Å². The summed E-state index contributed by atoms with van der Waals surface area (Å²) in [6, 6.07) is 6.19. The van der Waals surface area contributed by atoms with Gasteiger partial charge in [0.05, 0.1) is 19.1 Å². The number of hydrogen-bond donors (Lipinski definition) is 1. The fraction of sp³-hybridized carbons (Fsp3) is 0.545. The molecule has 2 heterocycles. The molecule has 1 saturated heterocycles. The van der Waals surface area contributed by atoms with Crippen molar-refractivity contribution in [2.45, 2.75) is 32.7 Å². The number of carbonyl (C=O) groups is 1. The van der Waals surface area contributed by atoms with Gasteiger partial charge in [0.2, 0.25) is 5.91 Å². The first-order valence-electron chi connectivity index (χ1n) is 10.4. The number of piperidine rings is 1. The lowest BCUT2D eigenvalue weighted by molar-refractivity contribution is -0.127. The Hall–Kier alpha value is -2.41. The van der Waals surface area contributed by atoms with E-state index in [-0.39, 0.29) is 23.6 Å². The Labute approximate surface area is 172 Å². The number of rotatable bonds is 9. The second-order valence-corrected chi connectivity index (χ2v) is 7.86. The van der Waals surface area contributed by atoms with E-state index in [1.807, 2.05) is 17.8 Å². The van der Waals surface area contributed by atoms with Crippen molar-refractivity contribution in [3.63, 3.8) is 0 Å². The number of halogens is 1. The first-order chi connectivity index (χ1) is 14.0. The van der Waals surface area contributed by atoms with Gasteiger partial charge in [-0.25, -0.2) is 9.37 Å². The van der Waals surface area contributed by atoms with E-state index in [0.29, 0.717) is 25.4 Å². The fourth-order valence-corrected chi connectivity index (χ4v) is 3.79. The van der Waals surface area contributed by atoms with Crippen LogP contribution >= 0.6 is 0 Å². The van der Waals surface area contributed by atoms with Gasteiger partial charge in [0, 0.05) is 51.1 Å². The predicted octanol–water partition coefficient (Wildman–Crippen LogP) is 2.99. The molecule has 6 nitrogen and oxygen atoms in total. The number of amides is 1. The van der Waals surface area contributed by atoms with Crippen LogP contribution in [-0.4, -0.2) is 46.6 Å². The minimum absolute atomic E-state index is 0.0815. The zero-order chi connectivity index (χ0) is 20.6. The maximum Gasteiger partial charge on any atom is 0.224 e. The van der Waals surface area contributed by atoms with Gasteiger partial charge in [0.15, 0.2) is 0 Å². The summed E-state index contributed by atoms with van der Waals surface area (Å²) in [4.78, 5) is 19.4. The molecule has 1 aromatic heterocycles. The molecule has 1 amide bonds. The van der Waals surface area contributed by atoms with Crippen LogP contribution in [0.5, 0.6) is 5.75 Å². The Balaban J connectivity index is 1.63. The van der Waals surface area contributed by atoms with Crippen molar-refractivity contribution >= 4 is 5.91 Å². The summed E-state index contributed by atoms with van der Waals surface area (Å²) in [5, 5.41) is 3.07. The minimum Gasteiger partial charge on any atom is -0.493 e. The normalized spacial score (nSPS) is 19.8. The number of unbranched alkanes of at least 4 members (excludes halogenated alkanes) is 1. The summed E-state index contributed by atoms with van der Waals surface area (Å²) in [6.07, 6.45) is 6.53. The van der Waals surface area contributed by atoms with Crippen LogP contribution in [0.25, 0.3) is 0 Å². The highest BCUT2D eigenvalue weighted by Crippen LogP contribution is 2.25. The molecule has 1 fully saturated rings. The third kappa shape index (κ3) is 6.29. The number of ether oxygens (including phenoxy) is 1. The van der Waals surface area contributed by atoms with Crippen LogP contribution in [0.1, 0.15) is 32.0 Å². The van der Waals surface area contributed by atoms with Crippen LogP contribution in [0, 0.1) is 17.7 Å². The second-order valence-electron chi connectivity index (χ2n) is 7.86. The Morgan fingerprint density at radius 2 is 2.24 bits per heavy atom. The highest BCUT2D eigenvalue weighted by atomic mass is 19.1. The number of nitrogens with zero attached hydrogens (tertiary/aromatic N) is 3. The third-order valence-electron chi connectivity index (χ3n) is 5.38. The van der Waals surface area contributed by atoms with Crippen LogP contribution in [0.15, 0.2) is 36.7 Å². The topological polar surface area (TPSA) is 59.4 Å². The number of hydrogen-bond acceptors (Lipinski definition) is 4. The smallest absolute Gasteiger partial charge is 0.224 e. The minimum atomic E-state index is -0.310. The van der Waals surface area contributed by atoms with E-state index in [1.54, 1.807) is 18.3 Å². The second kappa shape index (κ2) is 10.4. The fourth-order valence-electron chi connectivity index (χ4n) is 3.79. The molecule has 3 rings (SSSR count). The van der Waals surface area contributed by atoms with E-state index in [2.05, 4.69) is 22.1 Å². The summed E-state index contributed by atoms with van der Waals surface area (Å²) >= 11 is 0. The lowest BCUT2D eigenvalue weighted by Gasteiger charge is -2.36. The summed E-state index contributed by atoms with van der Waals surface area (Å²) in [5.74, 6) is 1.41. The molecule has 158 valence electrons. The molecule has 0 saturated carbocycles. The first-order valence-corrected chi connectivity index (χ1v) is 10.4. The average molecular weight is 403 g/mol. The molecule has 7 heteroatoms. The summed E-state index contributed by atoms with van der Waals surface area (Å²) in [5.41, 5.74) is 0. The molecular formula is C22H31FN4O2. The van der Waals surface area contributed by atoms with Crippen molar-refractivity contribution in [1.29, 1.82) is 0 Å². The first kappa shape index (κ1) is 21.3. The zero-order valence-corrected chi connectivity index (χ0v) is 17.3. The van der Waals surface area contributed by atoms with E-state index in [4.69, 9.17) is 4.74 Å². The van der Waals surface area contributed by atoms with Crippen molar-refractivity contribution in [2.75, 3.05) is 26.2 Å². The average Bonchev–Trinajstić information content (AvgIpc) is 3.11. The number of nitrogens with one attached hydrogen (secondary N) is 1. The van der Waals surface area contributed by atoms with Crippen LogP contribution in [0.3, 0.4) is 0 Å². The number of aryl methyl sites for hydroxylation is 1. The predicted molar refractivity (Wildman–Crippen MR) is 110 cm³/mol. The lowest BCUT2D eigenvalue weighted by atomic mass is 9.89. The molecule has 1 aromatic carbocycles. The number of carbonyl (C=O) groups excluding carboxylic acids is 1. The molecule has 0 spiro atoms. The van der Waals surface area contributed by atoms with E-state index in [9.17, 15) is 9.18 Å². The van der Waals surface area contributed by atoms with Crippen LogP contribution in [0.2, 0.25) is 0 Å². The maximum atomic E-state index is 13.4. The summed E-state index contributed by atoms with van der Waals surface area (Å²) < 4.78 is 21.3. The molecule has 0 bridgehead atoms. The quantitative estimate of drug-likeness (QED) is 0.655. The Kier molecular flexibility index (Phi) is 7.63. The van der Waals surface area contributed by atoms with Crippen molar-refractivity contribution < 1.29 is 13.9 Å². The van der Waals surface area contributed by atoms with Gasteiger partial charge >= 0.3 is 0 Å². The van der Waals surface area contributed by atoms with Gasteiger partial charge < -0.3 is 14.6 Å². The Bertz CT molecular complexity index is 795. The van der Waals surface area contributed by atoms with Gasteiger partial charge in [0.25, 0.3) is 0 Å². The van der Waals surface area contributed by atoms with Crippen molar-refractivity contribution in [3.05, 3.63) is 48.3 Å². The van der Waals surface area contributed by atoms with Gasteiger partial charge in [-0.1, -0.05) is 19.4 Å². The van der Waals surface area contributed by atoms with Gasteiger partial charge in [0.1, 0.15) is 17.4 Å². The number of benzene rings is 1. The molecule has 2 aromatic rings. The SMILES string of the molecule is CCCCNC(=O)[C@@H]1C[C@H](COc2cccc(F)c2)CN(Cc2nccn2C)C1. The van der Waals surface area contributed by atoms with Crippen molar-refractivity contribution in [1.82, 2.24) is 19.8 Å². The molecule has 0 aliphatic carbocycles. The van der Waals surface area contributed by atoms with Crippen molar-refractivity contribution in [3.8, 4) is 5.75 Å². The van der Waals surface area contributed by atoms with E-state index >= 15 is 0 Å². The summed E-state index contributed by atoms with van der Waals surface area (Å²) in [6.45, 7) is 5.51. The van der Waals surface area contributed by atoms with Crippen LogP contribution in [-0.2, 0) is 18.4 Å². The molecule has 0 unspecified atom stereocenters. The number of imidazole rings is 1. The standard InChI is InChI=1S/C22H31FN4O2/c1-3-4-8-25-22(28)18-11-17(16-29-20-7-5-6-19(23)12-20)13-27(14-18)15-21-24-9-10-26(21)2/h5-7,9-10,12,17-18H,3-4,8,11,13-16H2,1-2H3,(H,25,28)/t17-,18+/m0/s1. The van der Waals surface area contributed by atoms with Gasteiger partial charge in [-0.2, -0.15) is 0 Å². The van der Waals surface area contributed by atoms with Gasteiger partial charge in [-0.3, -0.25) is 9.69 Å². The van der Waals surface area contributed by atoms with E-state index < -0.39 is 0 Å². The molecule has 1 aliphatic heterocycles. The third-order valence-corrected chi connectivity index (χ3v) is 5.38. The van der Waals surface area contributed by atoms with Gasteiger partial charge in [-0.15, -0.1) is 0 Å². The molecular weight excluding hydrogens is 371 g/mol. The maximum absolute atomic E-state index is 13.4. The zero-order valence-electron chi connectivity index (χ0n) is 17.3.